The Morgan fingerprint density at radius 2 is 0.696 bits per heavy atom. The zero-order valence-electron chi connectivity index (χ0n) is 29.4. The molecular weight excluding hydrogens is 1500 g/mol. The number of aromatic nitrogens is 1. The third-order valence-corrected chi connectivity index (χ3v) is 290. The van der Waals surface area contributed by atoms with Crippen LogP contribution < -0.4 is 0 Å². The lowest BCUT2D eigenvalue weighted by molar-refractivity contribution is -0.125. The van der Waals surface area contributed by atoms with E-state index in [-0.39, 0.29) is 164 Å². The minimum Gasteiger partial charge on any atom is -0.300 e. The number of halogens is 1. The Labute approximate surface area is 417 Å². The Balaban J connectivity index is 0.00000179. The molecule has 0 aliphatic carbocycles. The topological polar surface area (TPSA) is 47.0 Å². The zero-order valence-corrected chi connectivity index (χ0v) is 73.5. The Morgan fingerprint density at radius 3 is 0.911 bits per heavy atom. The van der Waals surface area contributed by atoms with Crippen LogP contribution in [0.4, 0.5) is 0 Å². The Kier molecular flexibility index (Phi) is 52.1. The van der Waals surface area contributed by atoms with Gasteiger partial charge in [-0.3, -0.25) is 9.59 Å². The molecule has 0 amide bonds. The smallest absolute Gasteiger partial charge is 0.144 e. The van der Waals surface area contributed by atoms with Crippen LogP contribution in [-0.2, 0) is 16.0 Å². The third-order valence-electron chi connectivity index (χ3n) is 5.19. The van der Waals surface area contributed by atoms with Crippen LogP contribution in [0.25, 0.3) is 0 Å². The van der Waals surface area contributed by atoms with E-state index in [0.717, 1.165) is 5.56 Å². The van der Waals surface area contributed by atoms with Crippen molar-refractivity contribution in [3.05, 3.63) is 29.0 Å². The SMILES string of the molecule is CC(=O)CC(=O)Cc1ccc(Cl)nc1.PP(P)P(P(P)P)P(P(P)P)P(P(P(P(P)P)P(P)P)P(P(P)P)P(P)P)P(P(P(P)P)P(P)P)P(P(P)P)P(P)P. The van der Waals surface area contributed by atoms with Crippen molar-refractivity contribution < 1.29 is 9.59 Å². The van der Waals surface area contributed by atoms with Gasteiger partial charge in [-0.2, -0.15) is 0 Å². The minimum atomic E-state index is -0.168. The van der Waals surface area contributed by atoms with E-state index in [4.69, 9.17) is 11.6 Å². The molecule has 0 saturated heterocycles. The average molecular weight is 1560 g/mol. The van der Waals surface area contributed by atoms with Crippen LogP contribution in [0.5, 0.6) is 0 Å². The molecule has 0 radical (unpaired) electrons. The molecule has 0 spiro atoms. The second-order valence-electron chi connectivity index (χ2n) is 9.68. The number of ketones is 2. The summed E-state index contributed by atoms with van der Waals surface area (Å²) in [5.74, 6) is -0.210. The monoisotopic (exact) mass is 1560 g/mol. The number of hydrogen-bond acceptors (Lipinski definition) is 3. The lowest BCUT2D eigenvalue weighted by atomic mass is 10.1. The normalized spacial score (nSPS) is 13.8. The van der Waals surface area contributed by atoms with E-state index < -0.39 is 0 Å². The Hall–Kier alpha value is 16.8. The van der Waals surface area contributed by atoms with Crippen LogP contribution in [0.3, 0.4) is 0 Å². The summed E-state index contributed by atoms with van der Waals surface area (Å²) >= 11 is 5.58. The van der Waals surface area contributed by atoms with E-state index in [2.05, 4.69) is 201 Å². The molecule has 0 N–H and O–H groups in total. The summed E-state index contributed by atoms with van der Waals surface area (Å²) < 4.78 is 0. The van der Waals surface area contributed by atoms with E-state index in [1.807, 2.05) is 0 Å². The van der Waals surface area contributed by atoms with Gasteiger partial charge in [-0.25, -0.2) is 4.98 Å². The van der Waals surface area contributed by atoms with Crippen LogP contribution in [0.15, 0.2) is 18.3 Å². The molecule has 3 nitrogen and oxygen atoms in total. The Bertz CT molecular complexity index is 1140. The molecule has 1 aromatic heterocycles. The molecule has 0 bridgehead atoms. The van der Waals surface area contributed by atoms with Gasteiger partial charge in [0.2, 0.25) is 0 Å². The maximum absolute atomic E-state index is 11.2. The lowest BCUT2D eigenvalue weighted by Gasteiger charge is -2.56. The number of Topliss-reactive ketones (excluding diaryl/α,β-unsaturated/α-hetero) is 2. The first-order valence-electron chi connectivity index (χ1n) is 13.7. The number of carbonyl (C=O) groups excluding carboxylic acids is 2. The highest BCUT2D eigenvalue weighted by molar-refractivity contribution is 9.49. The molecule has 328 valence electrons. The van der Waals surface area contributed by atoms with Crippen LogP contribution in [0, 0.1) is 0 Å². The highest BCUT2D eigenvalue weighted by Gasteiger charge is 2.56. The van der Waals surface area contributed by atoms with Crippen LogP contribution in [-0.4, -0.2) is 16.6 Å². The van der Waals surface area contributed by atoms with E-state index >= 15 is 0 Å². The first kappa shape index (κ1) is 72.8. The maximum Gasteiger partial charge on any atom is 0.144 e. The van der Waals surface area contributed by atoms with Crippen LogP contribution >= 0.6 is 348 Å². The second-order valence-corrected chi connectivity index (χ2v) is 182. The van der Waals surface area contributed by atoms with E-state index in [1.165, 1.54) is 6.92 Å². The van der Waals surface area contributed by atoms with Crippen molar-refractivity contribution in [2.75, 3.05) is 0 Å². The largest absolute Gasteiger partial charge is 0.300 e. The third kappa shape index (κ3) is 28.1. The first-order valence-corrected chi connectivity index (χ1v) is 89.9. The highest BCUT2D eigenvalue weighted by atomic mass is 35.5. The van der Waals surface area contributed by atoms with Crippen molar-refractivity contribution in [2.45, 2.75) is 19.8 Å². The van der Waals surface area contributed by atoms with Gasteiger partial charge in [0.05, 0.1) is 6.42 Å². The number of hydrogen-bond donors (Lipinski definition) is 0. The van der Waals surface area contributed by atoms with Crippen molar-refractivity contribution in [3.8, 4) is 0 Å². The summed E-state index contributed by atoms with van der Waals surface area (Å²) in [5.41, 5.74) is 0.778. The summed E-state index contributed by atoms with van der Waals surface area (Å²) in [6.45, 7) is -0.787. The molecule has 56 heavy (non-hydrogen) atoms. The van der Waals surface area contributed by atoms with E-state index in [1.54, 1.807) is 18.3 Å². The molecule has 0 fully saturated rings. The molecule has 46 heteroatoms. The standard InChI is InChI=1S/C10H10ClNO2.H44P42/c1-7(13)4-9(14)5-8-2-3-10(11)12-6-8;1-23(2)34(24(3)4)39(33(21)22)42(40(35(25(5)6)26(7)8)36(27(9)10)28(11)12)41(37(29(13)14)30(15)16)38(31(17)18)32(19)20/h2-3,6H,4-5H2,1H3;1-22H2. The van der Waals surface area contributed by atoms with Gasteiger partial charge in [-0.15, -0.1) is 196 Å². The van der Waals surface area contributed by atoms with Gasteiger partial charge >= 0.3 is 0 Å². The molecule has 0 aliphatic rings. The number of pyridine rings is 1. The van der Waals surface area contributed by atoms with E-state index in [0.29, 0.717) is 5.15 Å². The van der Waals surface area contributed by atoms with Gasteiger partial charge in [-0.1, -0.05) is 17.7 Å². The van der Waals surface area contributed by atoms with Crippen LogP contribution in [0.1, 0.15) is 18.9 Å². The molecule has 0 aliphatic heterocycles. The summed E-state index contributed by atoms with van der Waals surface area (Å²) in [7, 11) is 75.0. The van der Waals surface area contributed by atoms with E-state index in [9.17, 15) is 9.59 Å². The molecule has 1 rings (SSSR count). The van der Waals surface area contributed by atoms with Gasteiger partial charge in [0, 0.05) is 12.6 Å². The summed E-state index contributed by atoms with van der Waals surface area (Å²) in [6, 6.07) is 3.35. The van der Waals surface area contributed by atoms with Gasteiger partial charge in [0.15, 0.2) is 0 Å². The average Bonchev–Trinajstić information content (AvgIpc) is 2.99. The van der Waals surface area contributed by atoms with Crippen molar-refractivity contribution in [2.24, 2.45) is 0 Å². The first-order chi connectivity index (χ1) is 25.6. The van der Waals surface area contributed by atoms with Crippen LogP contribution in [0.2, 0.25) is 5.15 Å². The highest BCUT2D eigenvalue weighted by Crippen LogP contribution is 3.43. The fraction of sp³-hybridized carbons (Fsp3) is 0.300. The Morgan fingerprint density at radius 1 is 0.446 bits per heavy atom. The van der Waals surface area contributed by atoms with Crippen molar-refractivity contribution >= 4 is 359 Å². The number of nitrogens with zero attached hydrogens (tertiary/aromatic N) is 1. The van der Waals surface area contributed by atoms with Crippen molar-refractivity contribution in [1.29, 1.82) is 0 Å². The predicted molar refractivity (Wildman–Crippen MR) is 405 cm³/mol. The van der Waals surface area contributed by atoms with Gasteiger partial charge in [-0.05, 0) is 158 Å². The molecule has 0 aromatic carbocycles. The van der Waals surface area contributed by atoms with Crippen molar-refractivity contribution in [1.82, 2.24) is 4.98 Å². The number of rotatable bonds is 23. The lowest BCUT2D eigenvalue weighted by Crippen LogP contribution is -2.07. The zero-order chi connectivity index (χ0) is 44.1. The molecule has 23 atom stereocenters. The van der Waals surface area contributed by atoms with Crippen molar-refractivity contribution in [3.63, 3.8) is 0 Å². The molecule has 1 heterocycles. The van der Waals surface area contributed by atoms with Gasteiger partial charge in [0.25, 0.3) is 0 Å². The number of carbonyl (C=O) groups is 2. The summed E-state index contributed by atoms with van der Waals surface area (Å²) in [4.78, 5) is 25.7. The summed E-state index contributed by atoms with van der Waals surface area (Å²) in [5, 5.41) is 0.396. The van der Waals surface area contributed by atoms with Gasteiger partial charge < -0.3 is 0 Å². The fourth-order valence-corrected chi connectivity index (χ4v) is 589. The predicted octanol–water partition coefficient (Wildman–Crippen LogP) is 26.2. The molecule has 1 aromatic rings. The van der Waals surface area contributed by atoms with Gasteiger partial charge in [0.1, 0.15) is 16.7 Å². The maximum atomic E-state index is 11.2. The summed E-state index contributed by atoms with van der Waals surface area (Å²) in [6.07, 6.45) is 1.77. The quantitative estimate of drug-likeness (QED) is 0.0623. The minimum absolute atomic E-state index is 0.0113. The molecular formula is C10H54ClNO2P42. The fourth-order valence-electron chi connectivity index (χ4n) is 3.50. The molecule has 0 saturated carbocycles. The molecule has 23 unspecified atom stereocenters. The second kappa shape index (κ2) is 40.1.